The first kappa shape index (κ1) is 45.2. The largest absolute Gasteiger partial charge is 1.00 e. The second-order valence-corrected chi connectivity index (χ2v) is 19.1. The monoisotopic (exact) mass is 940 g/mol. The molecule has 0 aliphatic rings. The minimum absolute atomic E-state index is 0. The van der Waals surface area contributed by atoms with Crippen LogP contribution in [-0.4, -0.2) is 0 Å². The summed E-state index contributed by atoms with van der Waals surface area (Å²) in [6.07, 6.45) is 0. The summed E-state index contributed by atoms with van der Waals surface area (Å²) in [4.78, 5) is 0. The Hall–Kier alpha value is -3.51. The van der Waals surface area contributed by atoms with Crippen molar-refractivity contribution < 1.29 is 22.4 Å². The van der Waals surface area contributed by atoms with Gasteiger partial charge in [0.25, 0.3) is 0 Å². The third-order valence-electron chi connectivity index (χ3n) is 10.6. The van der Waals surface area contributed by atoms with Crippen LogP contribution in [0.1, 0.15) is 152 Å². The zero-order chi connectivity index (χ0) is 39.8. The first-order valence-electron chi connectivity index (χ1n) is 20.6. The van der Waals surface area contributed by atoms with Gasteiger partial charge >= 0.3 is 22.4 Å². The summed E-state index contributed by atoms with van der Waals surface area (Å²) in [5.41, 5.74) is 13.9. The van der Waals surface area contributed by atoms with Gasteiger partial charge in [-0.3, -0.25) is 0 Å². The van der Waals surface area contributed by atoms with Gasteiger partial charge in [-0.25, -0.2) is 0 Å². The van der Waals surface area contributed by atoms with E-state index >= 15 is 0 Å². The summed E-state index contributed by atoms with van der Waals surface area (Å²) >= 11 is 0. The molecule has 0 aliphatic heterocycles. The Kier molecular flexibility index (Phi) is 16.8. The van der Waals surface area contributed by atoms with Crippen LogP contribution in [0, 0.1) is 6.07 Å². The molecular formula is C54H64AuP. The summed E-state index contributed by atoms with van der Waals surface area (Å²) in [5.74, 6) is 2.86. The smallest absolute Gasteiger partial charge is 0.129 e. The van der Waals surface area contributed by atoms with Crippen LogP contribution >= 0.6 is 7.92 Å². The zero-order valence-electron chi connectivity index (χ0n) is 35.9. The van der Waals surface area contributed by atoms with E-state index in [1.807, 2.05) is 0 Å². The van der Waals surface area contributed by atoms with Crippen LogP contribution in [0.4, 0.5) is 0 Å². The molecule has 0 radical (unpaired) electrons. The van der Waals surface area contributed by atoms with Crippen molar-refractivity contribution in [2.45, 2.75) is 119 Å². The predicted octanol–water partition coefficient (Wildman–Crippen LogP) is 15.0. The summed E-state index contributed by atoms with van der Waals surface area (Å²) < 4.78 is 0. The first-order valence-corrected chi connectivity index (χ1v) is 22.0. The van der Waals surface area contributed by atoms with Gasteiger partial charge in [-0.2, -0.15) is 0 Å². The van der Waals surface area contributed by atoms with E-state index in [4.69, 9.17) is 0 Å². The molecule has 0 aliphatic carbocycles. The topological polar surface area (TPSA) is 0 Å². The Morgan fingerprint density at radius 3 is 0.839 bits per heavy atom. The molecule has 6 aromatic carbocycles. The number of hydrogen-bond donors (Lipinski definition) is 0. The van der Waals surface area contributed by atoms with Gasteiger partial charge in [0.2, 0.25) is 0 Å². The van der Waals surface area contributed by atoms with Crippen molar-refractivity contribution in [3.8, 4) is 22.3 Å². The Labute approximate surface area is 357 Å². The second-order valence-electron chi connectivity index (χ2n) is 16.9. The van der Waals surface area contributed by atoms with Gasteiger partial charge in [0.05, 0.1) is 0 Å². The summed E-state index contributed by atoms with van der Waals surface area (Å²) in [6, 6.07) is 52.9. The van der Waals surface area contributed by atoms with Gasteiger partial charge in [0, 0.05) is 0 Å². The fourth-order valence-electron chi connectivity index (χ4n) is 7.47. The van der Waals surface area contributed by atoms with Crippen molar-refractivity contribution in [3.63, 3.8) is 0 Å². The molecule has 0 amide bonds. The van der Waals surface area contributed by atoms with E-state index < -0.39 is 7.92 Å². The van der Waals surface area contributed by atoms with E-state index in [1.165, 1.54) is 71.5 Å². The molecule has 0 heterocycles. The molecular weight excluding hydrogens is 877 g/mol. The molecule has 0 saturated heterocycles. The molecule has 0 aromatic heterocycles. The Morgan fingerprint density at radius 1 is 0.339 bits per heavy atom. The minimum atomic E-state index is -0.446. The van der Waals surface area contributed by atoms with Crippen LogP contribution in [0.5, 0.6) is 0 Å². The quantitative estimate of drug-likeness (QED) is 0.0690. The van der Waals surface area contributed by atoms with Gasteiger partial charge in [-0.15, -0.1) is 35.4 Å². The van der Waals surface area contributed by atoms with Crippen LogP contribution in [0.2, 0.25) is 0 Å². The third-order valence-corrected chi connectivity index (χ3v) is 13.1. The molecule has 296 valence electrons. The molecule has 0 nitrogen and oxygen atoms in total. The Balaban J connectivity index is 0.000000291. The van der Waals surface area contributed by atoms with Crippen molar-refractivity contribution in [1.82, 2.24) is 0 Å². The van der Waals surface area contributed by atoms with E-state index in [1.54, 1.807) is 0 Å². The van der Waals surface area contributed by atoms with Crippen molar-refractivity contribution in [2.24, 2.45) is 0 Å². The standard InChI is InChI=1S/C36H49.C18H15P.Au/c1-21(2)29-17-31(23(5)6)35(32(18-29)24(7)8)27-14-13-15-28(16-27)36-33(25(9)10)19-30(22(3)4)20-34(36)26(11)12;1-4-10-16(11-5-1)19(17-12-6-2-7-13-17)18-14-8-3-9-15-18;/h13-15,17-26H,1-12H3;1-15H;/q-1;;+1. The van der Waals surface area contributed by atoms with E-state index in [0.717, 1.165) is 0 Å². The Morgan fingerprint density at radius 2 is 0.607 bits per heavy atom. The van der Waals surface area contributed by atoms with Crippen LogP contribution in [0.15, 0.2) is 133 Å². The fourth-order valence-corrected chi connectivity index (χ4v) is 9.78. The van der Waals surface area contributed by atoms with Gasteiger partial charge in [0.1, 0.15) is 0 Å². The number of benzene rings is 6. The molecule has 0 saturated carbocycles. The summed E-state index contributed by atoms with van der Waals surface area (Å²) in [5, 5.41) is 4.19. The first-order chi connectivity index (χ1) is 26.3. The molecule has 0 N–H and O–H groups in total. The number of hydrogen-bond acceptors (Lipinski definition) is 0. The van der Waals surface area contributed by atoms with E-state index in [-0.39, 0.29) is 22.4 Å². The van der Waals surface area contributed by atoms with Crippen molar-refractivity contribution in [1.29, 1.82) is 0 Å². The van der Waals surface area contributed by atoms with Crippen molar-refractivity contribution >= 4 is 23.8 Å². The normalized spacial score (nSPS) is 11.5. The third kappa shape index (κ3) is 10.9. The molecule has 0 fully saturated rings. The molecule has 0 bridgehead atoms. The average Bonchev–Trinajstić information content (AvgIpc) is 3.18. The maximum Gasteiger partial charge on any atom is 1.00 e. The SMILES string of the molecule is CC(C)c1cc(C(C)C)c(-c2[c-]c(-c3c(C(C)C)cc(C(C)C)cc3C(C)C)ccc2)c(C(C)C)c1.[Au+].c1ccc(P(c2ccccc2)c2ccccc2)cc1. The number of rotatable bonds is 11. The van der Waals surface area contributed by atoms with Gasteiger partial charge in [0.15, 0.2) is 0 Å². The van der Waals surface area contributed by atoms with Gasteiger partial charge in [-0.1, -0.05) is 232 Å². The molecule has 6 rings (SSSR count). The van der Waals surface area contributed by atoms with Crippen molar-refractivity contribution in [3.05, 3.63) is 173 Å². The Bertz CT molecular complexity index is 1860. The maximum absolute atomic E-state index is 3.96. The molecule has 6 aromatic rings. The van der Waals surface area contributed by atoms with E-state index in [0.29, 0.717) is 35.5 Å². The fraction of sp³-hybridized carbons (Fsp3) is 0.333. The summed E-state index contributed by atoms with van der Waals surface area (Å²) in [7, 11) is -0.446. The van der Waals surface area contributed by atoms with Crippen LogP contribution < -0.4 is 15.9 Å². The molecule has 0 spiro atoms. The second kappa shape index (κ2) is 20.8. The van der Waals surface area contributed by atoms with Crippen molar-refractivity contribution in [2.75, 3.05) is 0 Å². The van der Waals surface area contributed by atoms with Crippen LogP contribution in [0.25, 0.3) is 22.3 Å². The van der Waals surface area contributed by atoms with Crippen LogP contribution in [0.3, 0.4) is 0 Å². The van der Waals surface area contributed by atoms with Gasteiger partial charge < -0.3 is 0 Å². The van der Waals surface area contributed by atoms with Gasteiger partial charge in [-0.05, 0) is 70.5 Å². The molecule has 56 heavy (non-hydrogen) atoms. The van der Waals surface area contributed by atoms with E-state index in [9.17, 15) is 0 Å². The van der Waals surface area contributed by atoms with E-state index in [2.05, 4.69) is 223 Å². The molecule has 0 unspecified atom stereocenters. The molecule has 0 atom stereocenters. The maximum atomic E-state index is 3.96. The average molecular weight is 941 g/mol. The minimum Gasteiger partial charge on any atom is -0.129 e. The zero-order valence-corrected chi connectivity index (χ0v) is 39.0. The summed E-state index contributed by atoms with van der Waals surface area (Å²) in [6.45, 7) is 27.8. The predicted molar refractivity (Wildman–Crippen MR) is 246 cm³/mol. The van der Waals surface area contributed by atoms with Crippen LogP contribution in [-0.2, 0) is 22.4 Å². The molecule has 2 heteroatoms.